The SMILES string of the molecule is O=[N+]([O-])c1ccc([S@@](=O)Nc2ccc(O)cc2)cc1. The fourth-order valence-corrected chi connectivity index (χ4v) is 2.24. The average Bonchev–Trinajstić information content (AvgIpc) is 2.41. The third-order valence-corrected chi connectivity index (χ3v) is 3.46. The van der Waals surface area contributed by atoms with E-state index in [0.717, 1.165) is 0 Å². The van der Waals surface area contributed by atoms with Gasteiger partial charge in [0, 0.05) is 17.8 Å². The maximum absolute atomic E-state index is 11.9. The standard InChI is InChI=1S/C12H10N2O4S/c15-11-5-1-9(2-6-11)13-19(18)12-7-3-10(4-8-12)14(16)17/h1-8,13,15H/t19-/m1/s1. The van der Waals surface area contributed by atoms with E-state index in [1.54, 1.807) is 12.1 Å². The molecule has 0 unspecified atom stereocenters. The van der Waals surface area contributed by atoms with E-state index < -0.39 is 15.9 Å². The van der Waals surface area contributed by atoms with Gasteiger partial charge in [-0.1, -0.05) is 0 Å². The topological polar surface area (TPSA) is 92.5 Å². The number of aromatic hydroxyl groups is 1. The normalized spacial score (nSPS) is 11.8. The zero-order valence-corrected chi connectivity index (χ0v) is 10.5. The van der Waals surface area contributed by atoms with Gasteiger partial charge in [-0.15, -0.1) is 0 Å². The molecular formula is C12H10N2O4S. The second-order valence-corrected chi connectivity index (χ2v) is 4.88. The molecule has 0 heterocycles. The van der Waals surface area contributed by atoms with Gasteiger partial charge in [-0.05, 0) is 36.4 Å². The lowest BCUT2D eigenvalue weighted by molar-refractivity contribution is -0.384. The molecule has 0 fully saturated rings. The van der Waals surface area contributed by atoms with E-state index in [2.05, 4.69) is 4.72 Å². The third-order valence-electron chi connectivity index (χ3n) is 2.34. The van der Waals surface area contributed by atoms with Gasteiger partial charge in [0.1, 0.15) is 16.7 Å². The summed E-state index contributed by atoms with van der Waals surface area (Å²) in [5.74, 6) is 0.117. The number of nitrogens with zero attached hydrogens (tertiary/aromatic N) is 1. The molecule has 0 aromatic heterocycles. The number of hydrogen-bond donors (Lipinski definition) is 2. The molecular weight excluding hydrogens is 268 g/mol. The highest BCUT2D eigenvalue weighted by Gasteiger charge is 2.08. The molecule has 0 radical (unpaired) electrons. The summed E-state index contributed by atoms with van der Waals surface area (Å²) in [6.07, 6.45) is 0. The maximum atomic E-state index is 11.9. The molecule has 0 aliphatic rings. The second kappa shape index (κ2) is 5.49. The molecule has 98 valence electrons. The zero-order chi connectivity index (χ0) is 13.8. The summed E-state index contributed by atoms with van der Waals surface area (Å²) in [7, 11) is -1.52. The first kappa shape index (κ1) is 13.0. The molecule has 1 atom stereocenters. The van der Waals surface area contributed by atoms with Crippen molar-refractivity contribution in [2.45, 2.75) is 4.90 Å². The number of hydrogen-bond acceptors (Lipinski definition) is 4. The number of nitro benzene ring substituents is 1. The van der Waals surface area contributed by atoms with Crippen LogP contribution in [0.5, 0.6) is 5.75 Å². The lowest BCUT2D eigenvalue weighted by Crippen LogP contribution is -2.04. The van der Waals surface area contributed by atoms with Crippen LogP contribution in [0.4, 0.5) is 11.4 Å². The summed E-state index contributed by atoms with van der Waals surface area (Å²) >= 11 is 0. The highest BCUT2D eigenvalue weighted by atomic mass is 32.2. The van der Waals surface area contributed by atoms with Crippen LogP contribution < -0.4 is 4.72 Å². The number of phenolic OH excluding ortho intramolecular Hbond substituents is 1. The van der Waals surface area contributed by atoms with Crippen LogP contribution in [0, 0.1) is 10.1 Å². The van der Waals surface area contributed by atoms with Gasteiger partial charge in [0.2, 0.25) is 0 Å². The van der Waals surface area contributed by atoms with Crippen LogP contribution in [0.15, 0.2) is 53.4 Å². The van der Waals surface area contributed by atoms with Crippen molar-refractivity contribution in [2.75, 3.05) is 4.72 Å². The summed E-state index contributed by atoms with van der Waals surface area (Å²) in [5, 5.41) is 19.6. The minimum absolute atomic E-state index is 0.0506. The molecule has 7 heteroatoms. The predicted molar refractivity (Wildman–Crippen MR) is 71.2 cm³/mol. The van der Waals surface area contributed by atoms with Gasteiger partial charge < -0.3 is 9.83 Å². The minimum Gasteiger partial charge on any atom is -0.508 e. The Bertz CT molecular complexity index is 611. The van der Waals surface area contributed by atoms with E-state index in [0.29, 0.717) is 10.6 Å². The van der Waals surface area contributed by atoms with Crippen molar-refractivity contribution in [1.29, 1.82) is 0 Å². The van der Waals surface area contributed by atoms with Crippen molar-refractivity contribution < 1.29 is 14.2 Å². The lowest BCUT2D eigenvalue weighted by atomic mass is 10.3. The van der Waals surface area contributed by atoms with Gasteiger partial charge in [-0.2, -0.15) is 0 Å². The number of non-ortho nitro benzene ring substituents is 1. The summed E-state index contributed by atoms with van der Waals surface area (Å²) in [6.45, 7) is 0. The van der Waals surface area contributed by atoms with Gasteiger partial charge in [0.25, 0.3) is 5.69 Å². The van der Waals surface area contributed by atoms with Gasteiger partial charge in [-0.3, -0.25) is 10.1 Å². The molecule has 6 nitrogen and oxygen atoms in total. The van der Waals surface area contributed by atoms with Gasteiger partial charge in [0.15, 0.2) is 0 Å². The minimum atomic E-state index is -1.52. The van der Waals surface area contributed by atoms with E-state index in [9.17, 15) is 14.3 Å². The molecule has 0 amide bonds. The van der Waals surface area contributed by atoms with Crippen molar-refractivity contribution in [3.63, 3.8) is 0 Å². The fourth-order valence-electron chi connectivity index (χ4n) is 1.39. The monoisotopic (exact) mass is 278 g/mol. The third kappa shape index (κ3) is 3.29. The highest BCUT2D eigenvalue weighted by Crippen LogP contribution is 2.18. The van der Waals surface area contributed by atoms with Crippen LogP contribution >= 0.6 is 0 Å². The molecule has 2 N–H and O–H groups in total. The molecule has 0 aliphatic carbocycles. The maximum Gasteiger partial charge on any atom is 0.269 e. The number of benzene rings is 2. The second-order valence-electron chi connectivity index (χ2n) is 3.67. The fraction of sp³-hybridized carbons (Fsp3) is 0. The molecule has 0 aliphatic heterocycles. The summed E-state index contributed by atoms with van der Waals surface area (Å²) < 4.78 is 14.7. The molecule has 2 rings (SSSR count). The van der Waals surface area contributed by atoms with E-state index in [1.165, 1.54) is 36.4 Å². The number of anilines is 1. The molecule has 2 aromatic carbocycles. The van der Waals surface area contributed by atoms with Gasteiger partial charge >= 0.3 is 0 Å². The number of nitrogens with one attached hydrogen (secondary N) is 1. The van der Waals surface area contributed by atoms with Crippen LogP contribution in [0.1, 0.15) is 0 Å². The molecule has 0 spiro atoms. The Hall–Kier alpha value is -2.41. The van der Waals surface area contributed by atoms with Crippen molar-refractivity contribution >= 4 is 22.4 Å². The van der Waals surface area contributed by atoms with Crippen molar-refractivity contribution in [3.05, 3.63) is 58.6 Å². The zero-order valence-electron chi connectivity index (χ0n) is 9.65. The molecule has 0 saturated heterocycles. The molecule has 2 aromatic rings. The highest BCUT2D eigenvalue weighted by molar-refractivity contribution is 7.86. The van der Waals surface area contributed by atoms with Gasteiger partial charge in [-0.25, -0.2) is 4.21 Å². The number of rotatable bonds is 4. The Morgan fingerprint density at radius 3 is 2.16 bits per heavy atom. The largest absolute Gasteiger partial charge is 0.508 e. The van der Waals surface area contributed by atoms with E-state index in [-0.39, 0.29) is 11.4 Å². The van der Waals surface area contributed by atoms with Gasteiger partial charge in [0.05, 0.1) is 9.82 Å². The molecule has 0 bridgehead atoms. The van der Waals surface area contributed by atoms with Crippen LogP contribution in [-0.4, -0.2) is 14.2 Å². The molecule has 0 saturated carbocycles. The van der Waals surface area contributed by atoms with Crippen LogP contribution in [0.2, 0.25) is 0 Å². The van der Waals surface area contributed by atoms with Crippen LogP contribution in [0.3, 0.4) is 0 Å². The Kier molecular flexibility index (Phi) is 3.76. The van der Waals surface area contributed by atoms with E-state index in [1.807, 2.05) is 0 Å². The quantitative estimate of drug-likeness (QED) is 0.510. The number of phenols is 1. The predicted octanol–water partition coefficient (Wildman–Crippen LogP) is 2.44. The summed E-state index contributed by atoms with van der Waals surface area (Å²) in [4.78, 5) is 10.4. The van der Waals surface area contributed by atoms with Crippen molar-refractivity contribution in [2.24, 2.45) is 0 Å². The Balaban J connectivity index is 2.11. The number of nitro groups is 1. The lowest BCUT2D eigenvalue weighted by Gasteiger charge is -2.05. The van der Waals surface area contributed by atoms with Crippen molar-refractivity contribution in [1.82, 2.24) is 0 Å². The average molecular weight is 278 g/mol. The Morgan fingerprint density at radius 1 is 1.05 bits per heavy atom. The summed E-state index contributed by atoms with van der Waals surface area (Å²) in [6, 6.07) is 11.6. The Morgan fingerprint density at radius 2 is 1.63 bits per heavy atom. The Labute approximate surface area is 111 Å². The van der Waals surface area contributed by atoms with E-state index >= 15 is 0 Å². The first-order chi connectivity index (χ1) is 9.06. The van der Waals surface area contributed by atoms with E-state index in [4.69, 9.17) is 5.11 Å². The molecule has 19 heavy (non-hydrogen) atoms. The first-order valence-electron chi connectivity index (χ1n) is 5.28. The summed E-state index contributed by atoms with van der Waals surface area (Å²) in [5.41, 5.74) is 0.528. The van der Waals surface area contributed by atoms with Crippen LogP contribution in [0.25, 0.3) is 0 Å². The smallest absolute Gasteiger partial charge is 0.269 e. The van der Waals surface area contributed by atoms with Crippen molar-refractivity contribution in [3.8, 4) is 5.75 Å². The van der Waals surface area contributed by atoms with Crippen LogP contribution in [-0.2, 0) is 11.0 Å². The first-order valence-corrected chi connectivity index (χ1v) is 6.43.